The van der Waals surface area contributed by atoms with Crippen LogP contribution in [0, 0.1) is 0 Å². The largest absolute Gasteiger partial charge is 0.491 e. The highest BCUT2D eigenvalue weighted by Gasteiger charge is 2.17. The second-order valence-electron chi connectivity index (χ2n) is 6.03. The van der Waals surface area contributed by atoms with Crippen LogP contribution in [0.25, 0.3) is 0 Å². The number of benzene rings is 1. The number of hydrogen-bond acceptors (Lipinski definition) is 6. The minimum atomic E-state index is -3.56. The molecular weight excluding hydrogens is 336 g/mol. The summed E-state index contributed by atoms with van der Waals surface area (Å²) in [6, 6.07) is 5.88. The Kier molecular flexibility index (Phi) is 7.00. The summed E-state index contributed by atoms with van der Waals surface area (Å²) in [6.45, 7) is 5.04. The van der Waals surface area contributed by atoms with Crippen molar-refractivity contribution >= 4 is 16.1 Å². The molecule has 0 radical (unpaired) electrons. The molecule has 0 fully saturated rings. The van der Waals surface area contributed by atoms with Crippen molar-refractivity contribution in [1.29, 1.82) is 0 Å². The van der Waals surface area contributed by atoms with E-state index in [4.69, 9.17) is 9.47 Å². The lowest BCUT2D eigenvalue weighted by Gasteiger charge is -2.20. The average Bonchev–Trinajstić information content (AvgIpc) is 2.49. The fourth-order valence-electron chi connectivity index (χ4n) is 1.62. The van der Waals surface area contributed by atoms with Crippen molar-refractivity contribution < 1.29 is 27.8 Å². The van der Waals surface area contributed by atoms with Gasteiger partial charge in [-0.2, -0.15) is 0 Å². The van der Waals surface area contributed by atoms with Crippen LogP contribution in [-0.4, -0.2) is 51.5 Å². The summed E-state index contributed by atoms with van der Waals surface area (Å²) in [6.07, 6.45) is -1.61. The Balaban J connectivity index is 2.49. The summed E-state index contributed by atoms with van der Waals surface area (Å²) >= 11 is 0. The molecular formula is C15H24N2O6S. The van der Waals surface area contributed by atoms with Crippen LogP contribution < -0.4 is 14.8 Å². The van der Waals surface area contributed by atoms with Crippen LogP contribution in [0.15, 0.2) is 29.2 Å². The molecule has 0 heterocycles. The molecule has 136 valence electrons. The maximum Gasteiger partial charge on any atom is 0.407 e. The van der Waals surface area contributed by atoms with Crippen molar-refractivity contribution in [2.24, 2.45) is 0 Å². The van der Waals surface area contributed by atoms with E-state index in [0.29, 0.717) is 5.75 Å². The average molecular weight is 360 g/mol. The van der Waals surface area contributed by atoms with Gasteiger partial charge in [0.05, 0.1) is 11.4 Å². The van der Waals surface area contributed by atoms with Crippen molar-refractivity contribution in [1.82, 2.24) is 10.0 Å². The first-order chi connectivity index (χ1) is 11.0. The first kappa shape index (κ1) is 20.2. The van der Waals surface area contributed by atoms with Crippen LogP contribution in [0.3, 0.4) is 0 Å². The molecule has 8 nitrogen and oxygen atoms in total. The Morgan fingerprint density at radius 1 is 1.33 bits per heavy atom. The Morgan fingerprint density at radius 3 is 2.58 bits per heavy atom. The van der Waals surface area contributed by atoms with Crippen molar-refractivity contribution in [3.8, 4) is 5.75 Å². The minimum Gasteiger partial charge on any atom is -0.491 e. The maximum atomic E-state index is 11.7. The van der Waals surface area contributed by atoms with Crippen LogP contribution in [-0.2, 0) is 14.8 Å². The fraction of sp³-hybridized carbons (Fsp3) is 0.533. The molecule has 0 spiro atoms. The summed E-state index contributed by atoms with van der Waals surface area (Å²) in [5, 5.41) is 12.2. The molecule has 24 heavy (non-hydrogen) atoms. The zero-order valence-electron chi connectivity index (χ0n) is 14.2. The molecule has 1 amide bonds. The third-order valence-corrected chi connectivity index (χ3v) is 4.12. The number of hydrogen-bond donors (Lipinski definition) is 3. The zero-order chi connectivity index (χ0) is 18.4. The number of ether oxygens (including phenoxy) is 2. The predicted molar refractivity (Wildman–Crippen MR) is 88.4 cm³/mol. The van der Waals surface area contributed by atoms with Gasteiger partial charge in [0.15, 0.2) is 0 Å². The van der Waals surface area contributed by atoms with Gasteiger partial charge >= 0.3 is 6.09 Å². The van der Waals surface area contributed by atoms with E-state index < -0.39 is 27.8 Å². The van der Waals surface area contributed by atoms with Gasteiger partial charge in [0.1, 0.15) is 24.1 Å². The van der Waals surface area contributed by atoms with E-state index >= 15 is 0 Å². The van der Waals surface area contributed by atoms with Gasteiger partial charge in [0, 0.05) is 6.07 Å². The number of amides is 1. The molecule has 0 aliphatic carbocycles. The van der Waals surface area contributed by atoms with Gasteiger partial charge in [-0.1, -0.05) is 6.07 Å². The molecule has 0 bridgehead atoms. The first-order valence-corrected chi connectivity index (χ1v) is 8.83. The number of alkyl carbamates (subject to hydrolysis) is 1. The number of aliphatic hydroxyl groups excluding tert-OH is 1. The summed E-state index contributed by atoms with van der Waals surface area (Å²) in [7, 11) is -2.25. The van der Waals surface area contributed by atoms with E-state index in [0.717, 1.165) is 0 Å². The Morgan fingerprint density at radius 2 is 2.00 bits per heavy atom. The van der Waals surface area contributed by atoms with Gasteiger partial charge in [-0.25, -0.2) is 17.9 Å². The van der Waals surface area contributed by atoms with Crippen LogP contribution >= 0.6 is 0 Å². The standard InChI is InChI=1S/C15H24N2O6S/c1-15(2,3)23-14(19)17-9-11(18)10-22-12-6-5-7-13(8-12)24(20,21)16-4/h5-8,11,16,18H,9-10H2,1-4H3,(H,17,19)/t11-/m0/s1. The number of sulfonamides is 1. The molecule has 1 aromatic rings. The van der Waals surface area contributed by atoms with E-state index in [9.17, 15) is 18.3 Å². The normalized spacial score (nSPS) is 13.2. The molecule has 0 saturated heterocycles. The lowest BCUT2D eigenvalue weighted by Crippen LogP contribution is -2.38. The molecule has 9 heteroatoms. The molecule has 1 rings (SSSR count). The van der Waals surface area contributed by atoms with E-state index in [1.807, 2.05) is 0 Å². The van der Waals surface area contributed by atoms with E-state index in [2.05, 4.69) is 10.0 Å². The minimum absolute atomic E-state index is 0.0522. The van der Waals surface area contributed by atoms with Crippen LogP contribution in [0.2, 0.25) is 0 Å². The summed E-state index contributed by atoms with van der Waals surface area (Å²) < 4.78 is 36.0. The summed E-state index contributed by atoms with van der Waals surface area (Å²) in [5.41, 5.74) is -0.620. The lowest BCUT2D eigenvalue weighted by atomic mass is 10.2. The lowest BCUT2D eigenvalue weighted by molar-refractivity contribution is 0.0463. The molecule has 0 aromatic heterocycles. The highest BCUT2D eigenvalue weighted by atomic mass is 32.2. The second kappa shape index (κ2) is 8.32. The van der Waals surface area contributed by atoms with Crippen LogP contribution in [0.5, 0.6) is 5.75 Å². The topological polar surface area (TPSA) is 114 Å². The Labute approximate surface area is 142 Å². The van der Waals surface area contributed by atoms with Crippen LogP contribution in [0.4, 0.5) is 4.79 Å². The van der Waals surface area contributed by atoms with Gasteiger partial charge in [-0.05, 0) is 40.0 Å². The Hall–Kier alpha value is -1.84. The second-order valence-corrected chi connectivity index (χ2v) is 7.92. The fourth-order valence-corrected chi connectivity index (χ4v) is 2.38. The quantitative estimate of drug-likeness (QED) is 0.664. The number of carbonyl (C=O) groups excluding carboxylic acids is 1. The van der Waals surface area contributed by atoms with Crippen molar-refractivity contribution in [2.45, 2.75) is 37.4 Å². The molecule has 0 aliphatic rings. The monoisotopic (exact) mass is 360 g/mol. The number of rotatable bonds is 7. The van der Waals surface area contributed by atoms with Gasteiger partial charge in [0.25, 0.3) is 0 Å². The van der Waals surface area contributed by atoms with Crippen LogP contribution in [0.1, 0.15) is 20.8 Å². The smallest absolute Gasteiger partial charge is 0.407 e. The zero-order valence-corrected chi connectivity index (χ0v) is 15.0. The van der Waals surface area contributed by atoms with Gasteiger partial charge < -0.3 is 19.9 Å². The number of aliphatic hydroxyl groups is 1. The van der Waals surface area contributed by atoms with E-state index in [1.54, 1.807) is 26.8 Å². The Bertz CT molecular complexity index is 654. The SMILES string of the molecule is CNS(=O)(=O)c1cccc(OC[C@@H](O)CNC(=O)OC(C)(C)C)c1. The maximum absolute atomic E-state index is 11.7. The third kappa shape index (κ3) is 7.16. The predicted octanol–water partition coefficient (Wildman–Crippen LogP) is 0.859. The molecule has 0 unspecified atom stereocenters. The molecule has 0 saturated carbocycles. The highest BCUT2D eigenvalue weighted by Crippen LogP contribution is 2.17. The number of carbonyl (C=O) groups is 1. The highest BCUT2D eigenvalue weighted by molar-refractivity contribution is 7.89. The van der Waals surface area contributed by atoms with Crippen molar-refractivity contribution in [3.63, 3.8) is 0 Å². The van der Waals surface area contributed by atoms with E-state index in [-0.39, 0.29) is 18.0 Å². The van der Waals surface area contributed by atoms with Gasteiger partial charge in [0.2, 0.25) is 10.0 Å². The molecule has 1 aromatic carbocycles. The number of nitrogens with one attached hydrogen (secondary N) is 2. The third-order valence-electron chi connectivity index (χ3n) is 2.71. The van der Waals surface area contributed by atoms with E-state index in [1.165, 1.54) is 25.2 Å². The molecule has 0 aliphatic heterocycles. The summed E-state index contributed by atoms with van der Waals surface area (Å²) in [5.74, 6) is 0.294. The first-order valence-electron chi connectivity index (χ1n) is 7.35. The summed E-state index contributed by atoms with van der Waals surface area (Å²) in [4.78, 5) is 11.5. The van der Waals surface area contributed by atoms with Crippen molar-refractivity contribution in [2.75, 3.05) is 20.2 Å². The molecule has 1 atom stereocenters. The molecule has 3 N–H and O–H groups in total. The van der Waals surface area contributed by atoms with Gasteiger partial charge in [-0.15, -0.1) is 0 Å². The van der Waals surface area contributed by atoms with Crippen molar-refractivity contribution in [3.05, 3.63) is 24.3 Å². The van der Waals surface area contributed by atoms with Gasteiger partial charge in [-0.3, -0.25) is 0 Å².